The van der Waals surface area contributed by atoms with E-state index in [2.05, 4.69) is 77.4 Å². The topological polar surface area (TPSA) is 3.24 Å². The van der Waals surface area contributed by atoms with Crippen LogP contribution in [0.25, 0.3) is 11.1 Å². The molecule has 0 amide bonds. The Labute approximate surface area is 110 Å². The molecular weight excluding hydrogens is 274 g/mol. The summed E-state index contributed by atoms with van der Waals surface area (Å²) >= 11 is 3.80. The highest BCUT2D eigenvalue weighted by molar-refractivity contribution is 9.09. The van der Waals surface area contributed by atoms with Crippen molar-refractivity contribution in [1.82, 2.24) is 0 Å². The third-order valence-corrected chi connectivity index (χ3v) is 4.34. The Bertz CT molecular complexity index is 575. The van der Waals surface area contributed by atoms with Gasteiger partial charge in [0.05, 0.1) is 4.83 Å². The quantitative estimate of drug-likeness (QED) is 0.710. The number of halogens is 1. The minimum atomic E-state index is 0.327. The summed E-state index contributed by atoms with van der Waals surface area (Å²) in [7, 11) is 4.15. The van der Waals surface area contributed by atoms with Gasteiger partial charge in [-0.25, -0.2) is 0 Å². The summed E-state index contributed by atoms with van der Waals surface area (Å²) in [6, 6.07) is 15.3. The molecule has 0 fully saturated rings. The maximum Gasteiger partial charge on any atom is 0.0657 e. The third-order valence-electron chi connectivity index (χ3n) is 3.35. The number of rotatable bonds is 1. The van der Waals surface area contributed by atoms with Gasteiger partial charge in [0.1, 0.15) is 0 Å². The molecule has 0 aromatic heterocycles. The monoisotopic (exact) mass is 287 g/mol. The number of nitrogens with zero attached hydrogens (tertiary/aromatic N) is 1. The van der Waals surface area contributed by atoms with Crippen molar-refractivity contribution in [3.05, 3.63) is 53.6 Å². The van der Waals surface area contributed by atoms with E-state index >= 15 is 0 Å². The van der Waals surface area contributed by atoms with Gasteiger partial charge >= 0.3 is 0 Å². The van der Waals surface area contributed by atoms with Crippen LogP contribution in [0.15, 0.2) is 42.5 Å². The molecule has 0 spiro atoms. The Morgan fingerprint density at radius 1 is 0.941 bits per heavy atom. The number of alkyl halides is 1. The van der Waals surface area contributed by atoms with Crippen LogP contribution in [0, 0.1) is 0 Å². The molecule has 1 atom stereocenters. The number of fused-ring (bicyclic) bond motifs is 3. The first kappa shape index (κ1) is 10.8. The second-order valence-corrected chi connectivity index (χ2v) is 5.53. The molecule has 1 aliphatic rings. The number of hydrogen-bond acceptors (Lipinski definition) is 1. The van der Waals surface area contributed by atoms with Crippen LogP contribution in [0.1, 0.15) is 16.0 Å². The molecular formula is C15H14BrN. The maximum atomic E-state index is 3.80. The molecule has 2 heteroatoms. The number of anilines is 1. The van der Waals surface area contributed by atoms with Gasteiger partial charge < -0.3 is 4.90 Å². The van der Waals surface area contributed by atoms with Gasteiger partial charge in [-0.15, -0.1) is 0 Å². The van der Waals surface area contributed by atoms with E-state index in [0.717, 1.165) is 0 Å². The van der Waals surface area contributed by atoms with Gasteiger partial charge in [-0.1, -0.05) is 46.3 Å². The van der Waals surface area contributed by atoms with Crippen molar-refractivity contribution in [1.29, 1.82) is 0 Å². The van der Waals surface area contributed by atoms with Gasteiger partial charge in [0, 0.05) is 19.8 Å². The highest BCUT2D eigenvalue weighted by atomic mass is 79.9. The Kier molecular flexibility index (Phi) is 2.48. The van der Waals surface area contributed by atoms with Gasteiger partial charge in [0.15, 0.2) is 0 Å². The summed E-state index contributed by atoms with van der Waals surface area (Å²) in [5.74, 6) is 0. The predicted octanol–water partition coefficient (Wildman–Crippen LogP) is 4.22. The molecule has 1 aliphatic carbocycles. The van der Waals surface area contributed by atoms with Crippen LogP contribution in [0.4, 0.5) is 5.69 Å². The van der Waals surface area contributed by atoms with Crippen molar-refractivity contribution in [2.75, 3.05) is 19.0 Å². The molecule has 0 aliphatic heterocycles. The molecule has 2 aromatic carbocycles. The number of benzene rings is 2. The van der Waals surface area contributed by atoms with E-state index in [4.69, 9.17) is 0 Å². The van der Waals surface area contributed by atoms with Gasteiger partial charge in [-0.3, -0.25) is 0 Å². The normalized spacial score (nSPS) is 16.5. The van der Waals surface area contributed by atoms with E-state index in [0.29, 0.717) is 4.83 Å². The van der Waals surface area contributed by atoms with E-state index in [1.165, 1.54) is 27.9 Å². The average Bonchev–Trinajstić information content (AvgIpc) is 2.64. The fraction of sp³-hybridized carbons (Fsp3) is 0.200. The van der Waals surface area contributed by atoms with Crippen LogP contribution in [0.3, 0.4) is 0 Å². The molecule has 0 bridgehead atoms. The average molecular weight is 288 g/mol. The van der Waals surface area contributed by atoms with Gasteiger partial charge in [-0.05, 0) is 34.4 Å². The zero-order chi connectivity index (χ0) is 12.0. The van der Waals surface area contributed by atoms with E-state index in [9.17, 15) is 0 Å². The standard InChI is InChI=1S/C15H14BrN/c1-17(2)10-7-8-12-11-5-3-4-6-13(11)15(16)14(12)9-10/h3-9,15H,1-2H3. The summed E-state index contributed by atoms with van der Waals surface area (Å²) in [6.07, 6.45) is 0. The smallest absolute Gasteiger partial charge is 0.0657 e. The fourth-order valence-corrected chi connectivity index (χ4v) is 3.19. The molecule has 3 rings (SSSR count). The van der Waals surface area contributed by atoms with Crippen molar-refractivity contribution < 1.29 is 0 Å². The third kappa shape index (κ3) is 1.59. The molecule has 0 saturated heterocycles. The van der Waals surface area contributed by atoms with Crippen molar-refractivity contribution in [3.63, 3.8) is 0 Å². The lowest BCUT2D eigenvalue weighted by atomic mass is 10.1. The summed E-state index contributed by atoms with van der Waals surface area (Å²) in [4.78, 5) is 2.47. The molecule has 0 radical (unpaired) electrons. The van der Waals surface area contributed by atoms with Crippen LogP contribution >= 0.6 is 15.9 Å². The summed E-state index contributed by atoms with van der Waals surface area (Å²) in [5.41, 5.74) is 6.71. The summed E-state index contributed by atoms with van der Waals surface area (Å²) < 4.78 is 0. The molecule has 1 nitrogen and oxygen atoms in total. The first-order valence-electron chi connectivity index (χ1n) is 5.73. The molecule has 17 heavy (non-hydrogen) atoms. The SMILES string of the molecule is CN(C)c1ccc2c(c1)C(Br)c1ccccc1-2. The molecule has 2 aromatic rings. The van der Waals surface area contributed by atoms with E-state index < -0.39 is 0 Å². The van der Waals surface area contributed by atoms with Crippen LogP contribution in [0.2, 0.25) is 0 Å². The molecule has 0 N–H and O–H groups in total. The van der Waals surface area contributed by atoms with Crippen molar-refractivity contribution in [2.45, 2.75) is 4.83 Å². The van der Waals surface area contributed by atoms with Crippen LogP contribution in [0.5, 0.6) is 0 Å². The van der Waals surface area contributed by atoms with Crippen molar-refractivity contribution in [2.24, 2.45) is 0 Å². The van der Waals surface area contributed by atoms with Gasteiger partial charge in [-0.2, -0.15) is 0 Å². The Balaban J connectivity index is 2.20. The fourth-order valence-electron chi connectivity index (χ4n) is 2.41. The minimum absolute atomic E-state index is 0.327. The lowest BCUT2D eigenvalue weighted by molar-refractivity contribution is 1.12. The molecule has 0 heterocycles. The number of hydrogen-bond donors (Lipinski definition) is 0. The van der Waals surface area contributed by atoms with Crippen molar-refractivity contribution in [3.8, 4) is 11.1 Å². The lowest BCUT2D eigenvalue weighted by Crippen LogP contribution is -2.08. The van der Waals surface area contributed by atoms with Crippen molar-refractivity contribution >= 4 is 21.6 Å². The zero-order valence-electron chi connectivity index (χ0n) is 9.94. The Hall–Kier alpha value is -1.28. The first-order valence-corrected chi connectivity index (χ1v) is 6.64. The lowest BCUT2D eigenvalue weighted by Gasteiger charge is -2.14. The first-order chi connectivity index (χ1) is 8.18. The van der Waals surface area contributed by atoms with Crippen LogP contribution < -0.4 is 4.90 Å². The summed E-state index contributed by atoms with van der Waals surface area (Å²) in [5, 5.41) is 0. The van der Waals surface area contributed by atoms with E-state index in [-0.39, 0.29) is 0 Å². The Morgan fingerprint density at radius 3 is 2.41 bits per heavy atom. The second kappa shape index (κ2) is 3.88. The van der Waals surface area contributed by atoms with Gasteiger partial charge in [0.25, 0.3) is 0 Å². The van der Waals surface area contributed by atoms with Crippen LogP contribution in [-0.4, -0.2) is 14.1 Å². The predicted molar refractivity (Wildman–Crippen MR) is 77.0 cm³/mol. The Morgan fingerprint density at radius 2 is 1.65 bits per heavy atom. The summed E-state index contributed by atoms with van der Waals surface area (Å²) in [6.45, 7) is 0. The largest absolute Gasteiger partial charge is 0.378 e. The van der Waals surface area contributed by atoms with E-state index in [1.807, 2.05) is 0 Å². The van der Waals surface area contributed by atoms with Crippen LogP contribution in [-0.2, 0) is 0 Å². The highest BCUT2D eigenvalue weighted by Crippen LogP contribution is 2.48. The molecule has 86 valence electrons. The maximum absolute atomic E-state index is 3.80. The molecule has 0 saturated carbocycles. The van der Waals surface area contributed by atoms with Gasteiger partial charge in [0.2, 0.25) is 0 Å². The second-order valence-electron chi connectivity index (χ2n) is 4.62. The zero-order valence-corrected chi connectivity index (χ0v) is 11.5. The molecule has 1 unspecified atom stereocenters. The highest BCUT2D eigenvalue weighted by Gasteiger charge is 2.26. The van der Waals surface area contributed by atoms with E-state index in [1.54, 1.807) is 0 Å². The minimum Gasteiger partial charge on any atom is -0.378 e.